The van der Waals surface area contributed by atoms with Crippen molar-refractivity contribution in [1.29, 1.82) is 0 Å². The molecule has 2 heteroatoms. The number of hydrogen-bond acceptors (Lipinski definition) is 1. The van der Waals surface area contributed by atoms with Crippen molar-refractivity contribution >= 4 is 25.2 Å². The molecule has 0 nitrogen and oxygen atoms in total. The van der Waals surface area contributed by atoms with Crippen molar-refractivity contribution < 1.29 is 0 Å². The fraction of sp³-hybridized carbons (Fsp3) is 0.889. The third-order valence-electron chi connectivity index (χ3n) is 2.43. The van der Waals surface area contributed by atoms with Crippen LogP contribution in [0.3, 0.4) is 0 Å². The summed E-state index contributed by atoms with van der Waals surface area (Å²) in [5.41, 5.74) is 0. The molecule has 2 aliphatic rings. The molecule has 0 N–H and O–H groups in total. The second kappa shape index (κ2) is 3.99. The van der Waals surface area contributed by atoms with Gasteiger partial charge in [0.2, 0.25) is 0 Å². The highest BCUT2D eigenvalue weighted by Gasteiger charge is 2.14. The first-order valence-electron chi connectivity index (χ1n) is 4.66. The van der Waals surface area contributed by atoms with E-state index in [9.17, 15) is 0 Å². The topological polar surface area (TPSA) is 0 Å². The van der Waals surface area contributed by atoms with Crippen LogP contribution in [-0.4, -0.2) is 16.4 Å². The van der Waals surface area contributed by atoms with E-state index in [0.29, 0.717) is 0 Å². The lowest BCUT2D eigenvalue weighted by molar-refractivity contribution is 0.675. The molecule has 0 radical (unpaired) electrons. The van der Waals surface area contributed by atoms with Crippen molar-refractivity contribution in [3.63, 3.8) is 0 Å². The SMILES string of the molecule is C1CCC(=S2CCCS2)CC1. The summed E-state index contributed by atoms with van der Waals surface area (Å²) in [6.45, 7) is 0. The van der Waals surface area contributed by atoms with Crippen molar-refractivity contribution in [2.24, 2.45) is 0 Å². The van der Waals surface area contributed by atoms with Crippen LogP contribution in [0.15, 0.2) is 0 Å². The summed E-state index contributed by atoms with van der Waals surface area (Å²) < 4.78 is 0. The minimum absolute atomic E-state index is 0.720. The molecule has 0 aromatic carbocycles. The van der Waals surface area contributed by atoms with Gasteiger partial charge >= 0.3 is 0 Å². The van der Waals surface area contributed by atoms with E-state index in [2.05, 4.69) is 10.8 Å². The van der Waals surface area contributed by atoms with Gasteiger partial charge in [0.25, 0.3) is 0 Å². The van der Waals surface area contributed by atoms with Crippen LogP contribution in [0.5, 0.6) is 0 Å². The Kier molecular flexibility index (Phi) is 2.97. The van der Waals surface area contributed by atoms with Crippen LogP contribution in [0.4, 0.5) is 0 Å². The van der Waals surface area contributed by atoms with Crippen LogP contribution in [0.2, 0.25) is 0 Å². The lowest BCUT2D eigenvalue weighted by atomic mass is 10.0. The van der Waals surface area contributed by atoms with E-state index in [-0.39, 0.29) is 0 Å². The molecule has 2 fully saturated rings. The molecule has 0 amide bonds. The van der Waals surface area contributed by atoms with Gasteiger partial charge in [0, 0.05) is 5.75 Å². The average Bonchev–Trinajstić information content (AvgIpc) is 2.58. The van der Waals surface area contributed by atoms with E-state index in [1.165, 1.54) is 50.0 Å². The predicted octanol–water partition coefficient (Wildman–Crippen LogP) is 3.44. The molecule has 64 valence electrons. The highest BCUT2D eigenvalue weighted by atomic mass is 33.1. The molecule has 1 heterocycles. The van der Waals surface area contributed by atoms with Crippen LogP contribution in [0, 0.1) is 0 Å². The quantitative estimate of drug-likeness (QED) is 0.414. The van der Waals surface area contributed by atoms with Gasteiger partial charge in [-0.2, -0.15) is 0 Å². The molecule has 1 unspecified atom stereocenters. The molecule has 11 heavy (non-hydrogen) atoms. The molecule has 0 bridgehead atoms. The Morgan fingerprint density at radius 3 is 2.45 bits per heavy atom. The number of rotatable bonds is 0. The first-order chi connectivity index (χ1) is 5.47. The van der Waals surface area contributed by atoms with E-state index in [1.807, 2.05) is 4.86 Å². The van der Waals surface area contributed by atoms with Crippen LogP contribution in [0.1, 0.15) is 38.5 Å². The highest BCUT2D eigenvalue weighted by molar-refractivity contribution is 8.84. The summed E-state index contributed by atoms with van der Waals surface area (Å²) in [7, 11) is 2.96. The minimum Gasteiger partial charge on any atom is -0.129 e. The van der Waals surface area contributed by atoms with E-state index < -0.39 is 0 Å². The van der Waals surface area contributed by atoms with Gasteiger partial charge in [0.1, 0.15) is 0 Å². The third kappa shape index (κ3) is 2.03. The highest BCUT2D eigenvalue weighted by Crippen LogP contribution is 2.42. The first-order valence-corrected chi connectivity index (χ1v) is 7.55. The predicted molar refractivity (Wildman–Crippen MR) is 57.6 cm³/mol. The normalized spacial score (nSPS) is 32.7. The Bertz CT molecular complexity index is 156. The third-order valence-corrected chi connectivity index (χ3v) is 7.45. The average molecular weight is 188 g/mol. The zero-order chi connectivity index (χ0) is 7.52. The molecular weight excluding hydrogens is 172 g/mol. The zero-order valence-corrected chi connectivity index (χ0v) is 8.61. The van der Waals surface area contributed by atoms with Gasteiger partial charge in [-0.15, -0.1) is 20.3 Å². The molecule has 1 saturated heterocycles. The lowest BCUT2D eigenvalue weighted by Gasteiger charge is -2.16. The molecule has 0 aromatic rings. The lowest BCUT2D eigenvalue weighted by Crippen LogP contribution is -2.03. The second-order valence-electron chi connectivity index (χ2n) is 3.32. The van der Waals surface area contributed by atoms with Crippen molar-refractivity contribution in [3.05, 3.63) is 0 Å². The fourth-order valence-corrected chi connectivity index (χ4v) is 6.84. The number of hydrogen-bond donors (Lipinski definition) is 0. The summed E-state index contributed by atoms with van der Waals surface area (Å²) >= 11 is 0. The monoisotopic (exact) mass is 188 g/mol. The fourth-order valence-electron chi connectivity index (χ4n) is 1.81. The van der Waals surface area contributed by atoms with Crippen molar-refractivity contribution in [2.45, 2.75) is 38.5 Å². The standard InChI is InChI=1S/C9H16S2/c1-2-5-9(6-3-1)11-8-4-7-10-11/h1-8H2. The molecule has 1 saturated carbocycles. The van der Waals surface area contributed by atoms with Crippen molar-refractivity contribution in [1.82, 2.24) is 0 Å². The van der Waals surface area contributed by atoms with Crippen molar-refractivity contribution in [3.8, 4) is 0 Å². The van der Waals surface area contributed by atoms with Gasteiger partial charge in [-0.05, 0) is 42.7 Å². The summed E-state index contributed by atoms with van der Waals surface area (Å²) in [5, 5.41) is 0. The van der Waals surface area contributed by atoms with E-state index in [1.54, 1.807) is 0 Å². The van der Waals surface area contributed by atoms with Crippen LogP contribution in [0.25, 0.3) is 0 Å². The van der Waals surface area contributed by atoms with Gasteiger partial charge in [-0.1, -0.05) is 6.42 Å². The molecule has 1 aliphatic heterocycles. The maximum atomic E-state index is 2.24. The first kappa shape index (κ1) is 8.18. The molecule has 1 aliphatic carbocycles. The maximum Gasteiger partial charge on any atom is 0.00402 e. The molecule has 0 spiro atoms. The molecule has 0 aromatic heterocycles. The smallest absolute Gasteiger partial charge is 0.00402 e. The van der Waals surface area contributed by atoms with E-state index in [0.717, 1.165) is 9.52 Å². The van der Waals surface area contributed by atoms with Gasteiger partial charge in [0.15, 0.2) is 0 Å². The van der Waals surface area contributed by atoms with Crippen molar-refractivity contribution in [2.75, 3.05) is 11.5 Å². The Hall–Kier alpha value is 0.570. The summed E-state index contributed by atoms with van der Waals surface area (Å²) in [4.78, 5) is 1.93. The molecular formula is C9H16S2. The largest absolute Gasteiger partial charge is 0.129 e. The summed E-state index contributed by atoms with van der Waals surface area (Å²) in [5.74, 6) is 2.95. The van der Waals surface area contributed by atoms with Crippen LogP contribution in [-0.2, 0) is 0 Å². The van der Waals surface area contributed by atoms with E-state index >= 15 is 0 Å². The Morgan fingerprint density at radius 2 is 1.82 bits per heavy atom. The van der Waals surface area contributed by atoms with Crippen LogP contribution < -0.4 is 0 Å². The second-order valence-corrected chi connectivity index (χ2v) is 7.56. The molecule has 1 atom stereocenters. The summed E-state index contributed by atoms with van der Waals surface area (Å²) in [6.07, 6.45) is 8.88. The van der Waals surface area contributed by atoms with Crippen LogP contribution >= 0.6 is 20.3 Å². The Balaban J connectivity index is 2.03. The maximum absolute atomic E-state index is 2.24. The van der Waals surface area contributed by atoms with Gasteiger partial charge in [-0.25, -0.2) is 0 Å². The minimum atomic E-state index is 0.720. The Labute approximate surface area is 75.5 Å². The van der Waals surface area contributed by atoms with Gasteiger partial charge < -0.3 is 0 Å². The Morgan fingerprint density at radius 1 is 1.00 bits per heavy atom. The molecule has 2 rings (SSSR count). The summed E-state index contributed by atoms with van der Waals surface area (Å²) in [6, 6.07) is 0. The zero-order valence-electron chi connectivity index (χ0n) is 6.97. The van der Waals surface area contributed by atoms with Gasteiger partial charge in [-0.3, -0.25) is 0 Å². The van der Waals surface area contributed by atoms with Gasteiger partial charge in [0.05, 0.1) is 0 Å². The van der Waals surface area contributed by atoms with E-state index in [4.69, 9.17) is 0 Å².